The van der Waals surface area contributed by atoms with E-state index in [2.05, 4.69) is 27.1 Å². The fourth-order valence-corrected chi connectivity index (χ4v) is 2.19. The predicted molar refractivity (Wildman–Crippen MR) is 76.7 cm³/mol. The average molecular weight is 264 g/mol. The van der Waals surface area contributed by atoms with E-state index in [-0.39, 0.29) is 0 Å². The maximum atomic E-state index is 5.42. The minimum absolute atomic E-state index is 0.626. The molecule has 1 saturated carbocycles. The molecule has 0 radical (unpaired) electrons. The van der Waals surface area contributed by atoms with Crippen molar-refractivity contribution in [2.45, 2.75) is 39.7 Å². The van der Waals surface area contributed by atoms with E-state index in [1.807, 2.05) is 19.9 Å². The molecule has 1 heterocycles. The van der Waals surface area contributed by atoms with Crippen LogP contribution >= 0.6 is 0 Å². The largest absolute Gasteiger partial charge is 0.478 e. The van der Waals surface area contributed by atoms with Gasteiger partial charge in [0, 0.05) is 30.9 Å². The van der Waals surface area contributed by atoms with Gasteiger partial charge in [-0.25, -0.2) is 4.98 Å². The third-order valence-corrected chi connectivity index (χ3v) is 3.27. The number of hydrogen-bond donors (Lipinski definition) is 1. The molecule has 5 heteroatoms. The fraction of sp³-hybridized carbons (Fsp3) is 0.714. The lowest BCUT2D eigenvalue weighted by molar-refractivity contribution is 0.288. The molecule has 1 aromatic rings. The summed E-state index contributed by atoms with van der Waals surface area (Å²) in [7, 11) is 0. The molecule has 1 aromatic heterocycles. The zero-order chi connectivity index (χ0) is 13.7. The Kier molecular flexibility index (Phi) is 4.96. The minimum atomic E-state index is 0.626. The van der Waals surface area contributed by atoms with Crippen LogP contribution in [0.5, 0.6) is 5.88 Å². The normalized spacial score (nSPS) is 14.7. The number of aromatic nitrogens is 2. The monoisotopic (exact) mass is 264 g/mol. The topological polar surface area (TPSA) is 50.3 Å². The molecule has 0 amide bonds. The average Bonchev–Trinajstić information content (AvgIpc) is 3.19. The smallest absolute Gasteiger partial charge is 0.226 e. The van der Waals surface area contributed by atoms with E-state index in [9.17, 15) is 0 Å². The van der Waals surface area contributed by atoms with Crippen LogP contribution < -0.4 is 10.1 Å². The summed E-state index contributed by atoms with van der Waals surface area (Å²) in [5.74, 6) is 1.31. The molecule has 106 valence electrons. The highest BCUT2D eigenvalue weighted by Gasteiger charge is 2.27. The maximum Gasteiger partial charge on any atom is 0.226 e. The van der Waals surface area contributed by atoms with Gasteiger partial charge in [0.15, 0.2) is 0 Å². The minimum Gasteiger partial charge on any atom is -0.478 e. The molecule has 1 fully saturated rings. The summed E-state index contributed by atoms with van der Waals surface area (Å²) in [6.07, 6.45) is 2.70. The summed E-state index contributed by atoms with van der Waals surface area (Å²) in [5, 5.41) is 3.29. The lowest BCUT2D eigenvalue weighted by Gasteiger charge is -2.19. The van der Waals surface area contributed by atoms with Gasteiger partial charge >= 0.3 is 0 Å². The summed E-state index contributed by atoms with van der Waals surface area (Å²) in [6, 6.07) is 2.67. The van der Waals surface area contributed by atoms with Crippen LogP contribution in [-0.2, 0) is 0 Å². The Hall–Kier alpha value is -1.36. The van der Waals surface area contributed by atoms with Gasteiger partial charge in [-0.3, -0.25) is 4.90 Å². The predicted octanol–water partition coefficient (Wildman–Crippen LogP) is 2.08. The van der Waals surface area contributed by atoms with Crippen molar-refractivity contribution in [3.8, 4) is 5.88 Å². The summed E-state index contributed by atoms with van der Waals surface area (Å²) < 4.78 is 5.42. The third kappa shape index (κ3) is 4.35. The van der Waals surface area contributed by atoms with Crippen LogP contribution in [-0.4, -0.2) is 47.2 Å². The molecule has 0 spiro atoms. The molecule has 5 nitrogen and oxygen atoms in total. The molecule has 1 aliphatic carbocycles. The number of hydrogen-bond acceptors (Lipinski definition) is 5. The van der Waals surface area contributed by atoms with Gasteiger partial charge in [-0.15, -0.1) is 0 Å². The van der Waals surface area contributed by atoms with Gasteiger partial charge in [-0.05, 0) is 33.2 Å². The van der Waals surface area contributed by atoms with E-state index in [1.165, 1.54) is 12.8 Å². The first-order valence-electron chi connectivity index (χ1n) is 7.19. The summed E-state index contributed by atoms with van der Waals surface area (Å²) in [4.78, 5) is 11.2. The molecule has 1 N–H and O–H groups in total. The van der Waals surface area contributed by atoms with Crippen molar-refractivity contribution in [1.82, 2.24) is 14.9 Å². The van der Waals surface area contributed by atoms with Crippen molar-refractivity contribution in [2.75, 3.05) is 31.6 Å². The Morgan fingerprint density at radius 3 is 2.79 bits per heavy atom. The molecule has 19 heavy (non-hydrogen) atoms. The van der Waals surface area contributed by atoms with Gasteiger partial charge < -0.3 is 10.1 Å². The standard InChI is InChI=1S/C14H24N4O/c1-4-18(12-6-7-12)9-8-15-14-16-11(3)10-13(17-14)19-5-2/h10,12H,4-9H2,1-3H3,(H,15,16,17). The number of aryl methyl sites for hydroxylation is 1. The molecular weight excluding hydrogens is 240 g/mol. The quantitative estimate of drug-likeness (QED) is 0.779. The van der Waals surface area contributed by atoms with Gasteiger partial charge in [-0.1, -0.05) is 6.92 Å². The van der Waals surface area contributed by atoms with Gasteiger partial charge in [0.1, 0.15) is 0 Å². The van der Waals surface area contributed by atoms with E-state index in [4.69, 9.17) is 4.74 Å². The van der Waals surface area contributed by atoms with Crippen molar-refractivity contribution in [1.29, 1.82) is 0 Å². The Morgan fingerprint density at radius 1 is 1.37 bits per heavy atom. The van der Waals surface area contributed by atoms with Crippen molar-refractivity contribution in [3.63, 3.8) is 0 Å². The van der Waals surface area contributed by atoms with Crippen LogP contribution in [0.3, 0.4) is 0 Å². The fourth-order valence-electron chi connectivity index (χ4n) is 2.19. The third-order valence-electron chi connectivity index (χ3n) is 3.27. The first kappa shape index (κ1) is 14.1. The number of anilines is 1. The highest BCUT2D eigenvalue weighted by molar-refractivity contribution is 5.30. The van der Waals surface area contributed by atoms with Gasteiger partial charge in [0.2, 0.25) is 11.8 Å². The van der Waals surface area contributed by atoms with Crippen molar-refractivity contribution in [2.24, 2.45) is 0 Å². The van der Waals surface area contributed by atoms with Crippen LogP contribution in [0.4, 0.5) is 5.95 Å². The highest BCUT2D eigenvalue weighted by Crippen LogP contribution is 2.25. The Labute approximate surface area is 115 Å². The van der Waals surface area contributed by atoms with E-state index in [0.717, 1.165) is 31.4 Å². The van der Waals surface area contributed by atoms with Gasteiger partial charge in [-0.2, -0.15) is 4.98 Å². The van der Waals surface area contributed by atoms with Crippen molar-refractivity contribution >= 4 is 5.95 Å². The molecule has 0 bridgehead atoms. The van der Waals surface area contributed by atoms with Crippen LogP contribution in [0, 0.1) is 6.92 Å². The Morgan fingerprint density at radius 2 is 2.16 bits per heavy atom. The number of ether oxygens (including phenoxy) is 1. The lowest BCUT2D eigenvalue weighted by atomic mass is 10.4. The van der Waals surface area contributed by atoms with Gasteiger partial charge in [0.25, 0.3) is 0 Å². The molecule has 0 atom stereocenters. The first-order chi connectivity index (χ1) is 9.22. The number of nitrogens with one attached hydrogen (secondary N) is 1. The molecule has 0 unspecified atom stereocenters. The summed E-state index contributed by atoms with van der Waals surface area (Å²) in [5.41, 5.74) is 0.926. The zero-order valence-electron chi connectivity index (χ0n) is 12.1. The van der Waals surface area contributed by atoms with Crippen molar-refractivity contribution in [3.05, 3.63) is 11.8 Å². The second-order valence-corrected chi connectivity index (χ2v) is 4.89. The lowest BCUT2D eigenvalue weighted by Crippen LogP contribution is -2.31. The number of rotatable bonds is 8. The Bertz CT molecular complexity index is 406. The first-order valence-corrected chi connectivity index (χ1v) is 7.19. The zero-order valence-corrected chi connectivity index (χ0v) is 12.1. The van der Waals surface area contributed by atoms with E-state index in [1.54, 1.807) is 0 Å². The second kappa shape index (κ2) is 6.70. The van der Waals surface area contributed by atoms with Crippen LogP contribution in [0.15, 0.2) is 6.07 Å². The van der Waals surface area contributed by atoms with E-state index < -0.39 is 0 Å². The second-order valence-electron chi connectivity index (χ2n) is 4.89. The molecular formula is C14H24N4O. The highest BCUT2D eigenvalue weighted by atomic mass is 16.5. The molecule has 0 aromatic carbocycles. The van der Waals surface area contributed by atoms with Crippen LogP contribution in [0.25, 0.3) is 0 Å². The van der Waals surface area contributed by atoms with Crippen molar-refractivity contribution < 1.29 is 4.74 Å². The molecule has 1 aliphatic rings. The van der Waals surface area contributed by atoms with E-state index >= 15 is 0 Å². The number of likely N-dealkylation sites (N-methyl/N-ethyl adjacent to an activating group) is 1. The summed E-state index contributed by atoms with van der Waals surface area (Å²) in [6.45, 7) is 9.79. The Balaban J connectivity index is 1.84. The SMILES string of the molecule is CCOc1cc(C)nc(NCCN(CC)C2CC2)n1. The van der Waals surface area contributed by atoms with Gasteiger partial charge in [0.05, 0.1) is 6.61 Å². The maximum absolute atomic E-state index is 5.42. The van der Waals surface area contributed by atoms with E-state index in [0.29, 0.717) is 18.4 Å². The number of nitrogens with zero attached hydrogens (tertiary/aromatic N) is 3. The van der Waals surface area contributed by atoms with Crippen LogP contribution in [0.2, 0.25) is 0 Å². The molecule has 0 aliphatic heterocycles. The van der Waals surface area contributed by atoms with Crippen LogP contribution in [0.1, 0.15) is 32.4 Å². The molecule has 0 saturated heterocycles. The molecule has 2 rings (SSSR count). The summed E-state index contributed by atoms with van der Waals surface area (Å²) >= 11 is 0.